The summed E-state index contributed by atoms with van der Waals surface area (Å²) >= 11 is 0. The normalized spacial score (nSPS) is 11.0. The molecule has 0 spiro atoms. The van der Waals surface area contributed by atoms with Crippen molar-refractivity contribution < 1.29 is 9.90 Å². The molecular weight excluding hydrogens is 220 g/mol. The van der Waals surface area contributed by atoms with Crippen molar-refractivity contribution in [3.05, 3.63) is 29.8 Å². The molecule has 0 saturated heterocycles. The third kappa shape index (κ3) is 4.42. The Morgan fingerprint density at radius 2 is 1.88 bits per heavy atom. The summed E-state index contributed by atoms with van der Waals surface area (Å²) in [5.74, 6) is 0.276. The number of nitrogens with two attached hydrogens (primary N) is 1. The molecule has 0 aliphatic carbocycles. The number of hydrogen-bond donors (Lipinski definition) is 4. The highest BCUT2D eigenvalue weighted by Crippen LogP contribution is 2.08. The Morgan fingerprint density at radius 1 is 1.29 bits per heavy atom. The van der Waals surface area contributed by atoms with Gasteiger partial charge in [-0.3, -0.25) is 9.79 Å². The molecule has 17 heavy (non-hydrogen) atoms. The molecule has 0 aromatic heterocycles. The van der Waals surface area contributed by atoms with Gasteiger partial charge in [-0.1, -0.05) is 0 Å². The number of nitrogens with one attached hydrogen (secondary N) is 2. The molecule has 0 radical (unpaired) electrons. The third-order valence-electron chi connectivity index (χ3n) is 2.09. The van der Waals surface area contributed by atoms with E-state index in [0.717, 1.165) is 0 Å². The quantitative estimate of drug-likeness (QED) is 0.326. The Kier molecular flexibility index (Phi) is 4.80. The lowest BCUT2D eigenvalue weighted by molar-refractivity contribution is 0.0954. The van der Waals surface area contributed by atoms with E-state index in [1.165, 1.54) is 12.1 Å². The molecule has 0 fully saturated rings. The van der Waals surface area contributed by atoms with Gasteiger partial charge >= 0.3 is 0 Å². The maximum Gasteiger partial charge on any atom is 0.251 e. The molecule has 5 N–H and O–H groups in total. The van der Waals surface area contributed by atoms with Gasteiger partial charge in [0, 0.05) is 25.7 Å². The molecule has 1 rings (SSSR count). The molecule has 6 nitrogen and oxygen atoms in total. The van der Waals surface area contributed by atoms with Crippen LogP contribution in [0.3, 0.4) is 0 Å². The molecule has 0 aliphatic rings. The van der Waals surface area contributed by atoms with Crippen molar-refractivity contribution in [3.63, 3.8) is 0 Å². The van der Waals surface area contributed by atoms with Crippen molar-refractivity contribution >= 4 is 11.9 Å². The Hall–Kier alpha value is -2.24. The van der Waals surface area contributed by atoms with E-state index >= 15 is 0 Å². The van der Waals surface area contributed by atoms with E-state index in [9.17, 15) is 4.79 Å². The lowest BCUT2D eigenvalue weighted by atomic mass is 10.2. The van der Waals surface area contributed by atoms with Gasteiger partial charge in [-0.15, -0.1) is 0 Å². The second-order valence-corrected chi connectivity index (χ2v) is 3.34. The number of aromatic hydroxyl groups is 1. The van der Waals surface area contributed by atoms with Crippen LogP contribution in [0.1, 0.15) is 10.4 Å². The first-order valence-corrected chi connectivity index (χ1v) is 5.17. The highest BCUT2D eigenvalue weighted by molar-refractivity contribution is 5.94. The molecule has 6 heteroatoms. The first kappa shape index (κ1) is 12.8. The Morgan fingerprint density at radius 3 is 2.47 bits per heavy atom. The van der Waals surface area contributed by atoms with Gasteiger partial charge in [-0.2, -0.15) is 0 Å². The van der Waals surface area contributed by atoms with Crippen molar-refractivity contribution in [1.29, 1.82) is 0 Å². The van der Waals surface area contributed by atoms with Crippen LogP contribution in [0.4, 0.5) is 0 Å². The molecule has 0 saturated carbocycles. The van der Waals surface area contributed by atoms with Crippen LogP contribution in [0, 0.1) is 0 Å². The number of phenols is 1. The van der Waals surface area contributed by atoms with Gasteiger partial charge in [0.1, 0.15) is 5.75 Å². The highest BCUT2D eigenvalue weighted by Gasteiger charge is 2.03. The van der Waals surface area contributed by atoms with Crippen LogP contribution >= 0.6 is 0 Å². The zero-order valence-corrected chi connectivity index (χ0v) is 9.60. The fourth-order valence-corrected chi connectivity index (χ4v) is 1.16. The summed E-state index contributed by atoms with van der Waals surface area (Å²) in [5, 5.41) is 14.6. The smallest absolute Gasteiger partial charge is 0.251 e. The predicted molar refractivity (Wildman–Crippen MR) is 66.0 cm³/mol. The molecule has 1 aromatic carbocycles. The van der Waals surface area contributed by atoms with Gasteiger partial charge in [0.25, 0.3) is 5.91 Å². The molecular formula is C11H16N4O2. The van der Waals surface area contributed by atoms with Crippen LogP contribution in [0.25, 0.3) is 0 Å². The van der Waals surface area contributed by atoms with Gasteiger partial charge in [0.05, 0.1) is 0 Å². The minimum atomic E-state index is -0.196. The van der Waals surface area contributed by atoms with E-state index in [1.54, 1.807) is 19.2 Å². The van der Waals surface area contributed by atoms with Gasteiger partial charge < -0.3 is 21.5 Å². The third-order valence-corrected chi connectivity index (χ3v) is 2.09. The predicted octanol–water partition coefficient (Wildman–Crippen LogP) is -0.344. The number of carbonyl (C=O) groups excluding carboxylic acids is 1. The zero-order valence-electron chi connectivity index (χ0n) is 9.60. The van der Waals surface area contributed by atoms with E-state index < -0.39 is 0 Å². The first-order valence-electron chi connectivity index (χ1n) is 5.17. The number of phenolic OH excluding ortho intramolecular Hbond substituents is 1. The van der Waals surface area contributed by atoms with E-state index in [1.807, 2.05) is 0 Å². The molecule has 0 aliphatic heterocycles. The SMILES string of the molecule is CN=C(N)NCCNC(=O)c1ccc(O)cc1. The van der Waals surface area contributed by atoms with Crippen molar-refractivity contribution in [2.45, 2.75) is 0 Å². The summed E-state index contributed by atoms with van der Waals surface area (Å²) in [6.45, 7) is 0.947. The van der Waals surface area contributed by atoms with Crippen LogP contribution in [0.15, 0.2) is 29.3 Å². The molecule has 0 atom stereocenters. The standard InChI is InChI=1S/C11H16N4O2/c1-13-11(12)15-7-6-14-10(17)8-2-4-9(16)5-3-8/h2-5,16H,6-7H2,1H3,(H,14,17)(H3,12,13,15). The van der Waals surface area contributed by atoms with Gasteiger partial charge in [0.2, 0.25) is 0 Å². The summed E-state index contributed by atoms with van der Waals surface area (Å²) < 4.78 is 0. The molecule has 1 amide bonds. The maximum absolute atomic E-state index is 11.6. The number of rotatable bonds is 4. The summed E-state index contributed by atoms with van der Waals surface area (Å²) in [6, 6.07) is 6.05. The average molecular weight is 236 g/mol. The maximum atomic E-state index is 11.6. The second kappa shape index (κ2) is 6.37. The highest BCUT2D eigenvalue weighted by atomic mass is 16.3. The second-order valence-electron chi connectivity index (χ2n) is 3.34. The van der Waals surface area contributed by atoms with Crippen molar-refractivity contribution in [2.24, 2.45) is 10.7 Å². The number of nitrogens with zero attached hydrogens (tertiary/aromatic N) is 1. The van der Waals surface area contributed by atoms with Crippen LogP contribution in [-0.4, -0.2) is 37.1 Å². The van der Waals surface area contributed by atoms with Crippen LogP contribution in [-0.2, 0) is 0 Å². The minimum Gasteiger partial charge on any atom is -0.508 e. The number of hydrogen-bond acceptors (Lipinski definition) is 3. The largest absolute Gasteiger partial charge is 0.508 e. The summed E-state index contributed by atoms with van der Waals surface area (Å²) in [5.41, 5.74) is 5.92. The van der Waals surface area contributed by atoms with Gasteiger partial charge in [-0.05, 0) is 24.3 Å². The Labute approximate surface area is 99.5 Å². The van der Waals surface area contributed by atoms with E-state index in [2.05, 4.69) is 15.6 Å². The lowest BCUT2D eigenvalue weighted by Gasteiger charge is -2.07. The van der Waals surface area contributed by atoms with E-state index in [0.29, 0.717) is 24.6 Å². The van der Waals surface area contributed by atoms with Crippen LogP contribution in [0.2, 0.25) is 0 Å². The Balaban J connectivity index is 2.33. The number of carbonyl (C=O) groups is 1. The molecule has 0 heterocycles. The minimum absolute atomic E-state index is 0.134. The molecule has 0 bridgehead atoms. The number of amides is 1. The molecule has 1 aromatic rings. The average Bonchev–Trinajstić information content (AvgIpc) is 2.34. The summed E-state index contributed by atoms with van der Waals surface area (Å²) in [7, 11) is 1.58. The lowest BCUT2D eigenvalue weighted by Crippen LogP contribution is -2.38. The van der Waals surface area contributed by atoms with Crippen molar-refractivity contribution in [1.82, 2.24) is 10.6 Å². The fourth-order valence-electron chi connectivity index (χ4n) is 1.16. The monoisotopic (exact) mass is 236 g/mol. The Bertz CT molecular complexity index is 400. The van der Waals surface area contributed by atoms with E-state index in [4.69, 9.17) is 10.8 Å². The molecule has 92 valence electrons. The van der Waals surface area contributed by atoms with Gasteiger partial charge in [0.15, 0.2) is 5.96 Å². The topological polar surface area (TPSA) is 99.7 Å². The van der Waals surface area contributed by atoms with Crippen LogP contribution in [0.5, 0.6) is 5.75 Å². The number of guanidine groups is 1. The van der Waals surface area contributed by atoms with Gasteiger partial charge in [-0.25, -0.2) is 0 Å². The number of benzene rings is 1. The molecule has 0 unspecified atom stereocenters. The van der Waals surface area contributed by atoms with Crippen molar-refractivity contribution in [2.75, 3.05) is 20.1 Å². The fraction of sp³-hybridized carbons (Fsp3) is 0.273. The van der Waals surface area contributed by atoms with Crippen LogP contribution < -0.4 is 16.4 Å². The summed E-state index contributed by atoms with van der Waals surface area (Å²) in [4.78, 5) is 15.3. The number of aliphatic imine (C=N–C) groups is 1. The zero-order chi connectivity index (χ0) is 12.7. The van der Waals surface area contributed by atoms with E-state index in [-0.39, 0.29) is 11.7 Å². The van der Waals surface area contributed by atoms with Crippen molar-refractivity contribution in [3.8, 4) is 5.75 Å². The summed E-state index contributed by atoms with van der Waals surface area (Å²) in [6.07, 6.45) is 0. The first-order chi connectivity index (χ1) is 8.13.